The van der Waals surface area contributed by atoms with Crippen molar-refractivity contribution in [3.8, 4) is 22.3 Å². The van der Waals surface area contributed by atoms with Crippen LogP contribution < -0.4 is 0 Å². The molecule has 0 aliphatic heterocycles. The van der Waals surface area contributed by atoms with Crippen molar-refractivity contribution >= 4 is 16.8 Å². The Kier molecular flexibility index (Phi) is 4.18. The Labute approximate surface area is 155 Å². The molecule has 0 unspecified atom stereocenters. The molecule has 0 N–H and O–H groups in total. The third-order valence-electron chi connectivity index (χ3n) is 5.12. The van der Waals surface area contributed by atoms with Gasteiger partial charge in [0.15, 0.2) is 0 Å². The van der Waals surface area contributed by atoms with Gasteiger partial charge in [0.05, 0.1) is 0 Å². The van der Waals surface area contributed by atoms with Crippen molar-refractivity contribution in [3.05, 3.63) is 102 Å². The van der Waals surface area contributed by atoms with Crippen LogP contribution in [0.2, 0.25) is 0 Å². The van der Waals surface area contributed by atoms with Gasteiger partial charge in [-0.3, -0.25) is 0 Å². The summed E-state index contributed by atoms with van der Waals surface area (Å²) in [5, 5.41) is 2.56. The average molecular weight is 334 g/mol. The summed E-state index contributed by atoms with van der Waals surface area (Å²) < 4.78 is 0. The molecular weight excluding hydrogens is 312 g/mol. The number of hydrogen-bond donors (Lipinski definition) is 0. The van der Waals surface area contributed by atoms with Gasteiger partial charge in [-0.1, -0.05) is 79.4 Å². The summed E-state index contributed by atoms with van der Waals surface area (Å²) in [7, 11) is 0. The van der Waals surface area contributed by atoms with Gasteiger partial charge in [0.2, 0.25) is 0 Å². The van der Waals surface area contributed by atoms with E-state index in [1.165, 1.54) is 49.7 Å². The van der Waals surface area contributed by atoms with Gasteiger partial charge in [0, 0.05) is 0 Å². The van der Waals surface area contributed by atoms with E-state index in [1.807, 2.05) is 6.08 Å². The van der Waals surface area contributed by atoms with Crippen LogP contribution in [-0.4, -0.2) is 0 Å². The summed E-state index contributed by atoms with van der Waals surface area (Å²) in [6.07, 6.45) is 1.93. The fourth-order valence-electron chi connectivity index (χ4n) is 3.56. The summed E-state index contributed by atoms with van der Waals surface area (Å²) in [4.78, 5) is 0. The Morgan fingerprint density at radius 3 is 2.08 bits per heavy atom. The van der Waals surface area contributed by atoms with E-state index < -0.39 is 0 Å². The van der Waals surface area contributed by atoms with Gasteiger partial charge in [-0.05, 0) is 75.7 Å². The van der Waals surface area contributed by atoms with E-state index in [1.54, 1.807) is 0 Å². The minimum Gasteiger partial charge on any atom is -0.0985 e. The lowest BCUT2D eigenvalue weighted by Crippen LogP contribution is -1.88. The van der Waals surface area contributed by atoms with Crippen molar-refractivity contribution in [2.45, 2.75) is 13.8 Å². The number of aryl methyl sites for hydroxylation is 2. The topological polar surface area (TPSA) is 0 Å². The van der Waals surface area contributed by atoms with Crippen LogP contribution in [0.1, 0.15) is 16.7 Å². The maximum atomic E-state index is 3.92. The molecule has 126 valence electrons. The van der Waals surface area contributed by atoms with Gasteiger partial charge in [0.1, 0.15) is 0 Å². The molecule has 0 saturated heterocycles. The molecule has 0 radical (unpaired) electrons. The Bertz CT molecular complexity index is 1120. The number of rotatable bonds is 3. The number of hydrogen-bond acceptors (Lipinski definition) is 0. The SMILES string of the molecule is C=Cc1cc(-c2ccc(-c3ccc4ccccc4c3)c(C)c2)ccc1C. The van der Waals surface area contributed by atoms with Crippen molar-refractivity contribution in [3.63, 3.8) is 0 Å². The van der Waals surface area contributed by atoms with Gasteiger partial charge >= 0.3 is 0 Å². The summed E-state index contributed by atoms with van der Waals surface area (Å²) in [6, 6.07) is 28.5. The smallest absolute Gasteiger partial charge is 0.0154 e. The first-order valence-corrected chi connectivity index (χ1v) is 8.99. The molecule has 4 aromatic carbocycles. The van der Waals surface area contributed by atoms with E-state index in [4.69, 9.17) is 0 Å². The molecule has 0 atom stereocenters. The third-order valence-corrected chi connectivity index (χ3v) is 5.12. The Balaban J connectivity index is 1.76. The van der Waals surface area contributed by atoms with Gasteiger partial charge in [-0.2, -0.15) is 0 Å². The Hall–Kier alpha value is -3.12. The molecule has 0 fully saturated rings. The lowest BCUT2D eigenvalue weighted by molar-refractivity contribution is 1.42. The molecule has 4 aromatic rings. The zero-order valence-corrected chi connectivity index (χ0v) is 15.3. The van der Waals surface area contributed by atoms with Crippen LogP contribution in [0, 0.1) is 13.8 Å². The monoisotopic (exact) mass is 334 g/mol. The van der Waals surface area contributed by atoms with Crippen molar-refractivity contribution in [2.24, 2.45) is 0 Å². The van der Waals surface area contributed by atoms with Crippen molar-refractivity contribution in [2.75, 3.05) is 0 Å². The van der Waals surface area contributed by atoms with Crippen LogP contribution in [0.5, 0.6) is 0 Å². The molecule has 0 aliphatic rings. The molecule has 0 aromatic heterocycles. The highest BCUT2D eigenvalue weighted by atomic mass is 14.1. The minimum absolute atomic E-state index is 1.19. The molecule has 0 heteroatoms. The van der Waals surface area contributed by atoms with Gasteiger partial charge < -0.3 is 0 Å². The van der Waals surface area contributed by atoms with E-state index in [0.717, 1.165) is 0 Å². The van der Waals surface area contributed by atoms with Crippen LogP contribution in [0.3, 0.4) is 0 Å². The molecule has 0 spiro atoms. The first kappa shape index (κ1) is 16.4. The molecule has 0 bridgehead atoms. The largest absolute Gasteiger partial charge is 0.0985 e. The first-order valence-electron chi connectivity index (χ1n) is 8.99. The second kappa shape index (κ2) is 6.65. The summed E-state index contributed by atoms with van der Waals surface area (Å²) in [6.45, 7) is 8.23. The molecular formula is C26H22. The van der Waals surface area contributed by atoms with Crippen LogP contribution in [0.15, 0.2) is 85.4 Å². The first-order chi connectivity index (χ1) is 12.7. The maximum Gasteiger partial charge on any atom is -0.0154 e. The summed E-state index contributed by atoms with van der Waals surface area (Å²) in [5.41, 5.74) is 8.78. The average Bonchev–Trinajstić information content (AvgIpc) is 2.68. The van der Waals surface area contributed by atoms with Crippen molar-refractivity contribution < 1.29 is 0 Å². The fraction of sp³-hybridized carbons (Fsp3) is 0.0769. The minimum atomic E-state index is 1.19. The molecule has 0 heterocycles. The molecule has 0 saturated carbocycles. The second-order valence-corrected chi connectivity index (χ2v) is 6.87. The Morgan fingerprint density at radius 2 is 1.31 bits per heavy atom. The van der Waals surface area contributed by atoms with Gasteiger partial charge in [-0.25, -0.2) is 0 Å². The number of fused-ring (bicyclic) bond motifs is 1. The van der Waals surface area contributed by atoms with Crippen LogP contribution in [0.4, 0.5) is 0 Å². The van der Waals surface area contributed by atoms with E-state index in [2.05, 4.69) is 99.3 Å². The zero-order chi connectivity index (χ0) is 18.1. The van der Waals surface area contributed by atoms with Crippen LogP contribution in [0.25, 0.3) is 39.1 Å². The van der Waals surface area contributed by atoms with E-state index in [0.29, 0.717) is 0 Å². The third kappa shape index (κ3) is 2.95. The summed E-state index contributed by atoms with van der Waals surface area (Å²) in [5.74, 6) is 0. The molecule has 0 aliphatic carbocycles. The van der Waals surface area contributed by atoms with Crippen molar-refractivity contribution in [1.29, 1.82) is 0 Å². The van der Waals surface area contributed by atoms with E-state index in [-0.39, 0.29) is 0 Å². The molecule has 0 amide bonds. The maximum absolute atomic E-state index is 3.92. The number of benzene rings is 4. The molecule has 4 rings (SSSR count). The highest BCUT2D eigenvalue weighted by Gasteiger charge is 2.07. The van der Waals surface area contributed by atoms with Crippen LogP contribution >= 0.6 is 0 Å². The predicted octanol–water partition coefficient (Wildman–Crippen LogP) is 7.43. The highest BCUT2D eigenvalue weighted by Crippen LogP contribution is 2.31. The Morgan fingerprint density at radius 1 is 0.615 bits per heavy atom. The normalized spacial score (nSPS) is 10.8. The van der Waals surface area contributed by atoms with Gasteiger partial charge in [0.25, 0.3) is 0 Å². The quantitative estimate of drug-likeness (QED) is 0.365. The molecule has 0 nitrogen and oxygen atoms in total. The second-order valence-electron chi connectivity index (χ2n) is 6.87. The lowest BCUT2D eigenvalue weighted by Gasteiger charge is -2.11. The zero-order valence-electron chi connectivity index (χ0n) is 15.3. The molecule has 26 heavy (non-hydrogen) atoms. The fourth-order valence-corrected chi connectivity index (χ4v) is 3.56. The van der Waals surface area contributed by atoms with E-state index in [9.17, 15) is 0 Å². The van der Waals surface area contributed by atoms with Crippen molar-refractivity contribution in [1.82, 2.24) is 0 Å². The summed E-state index contributed by atoms with van der Waals surface area (Å²) >= 11 is 0. The standard InChI is InChI=1S/C26H22/c1-4-20-16-24(10-9-18(20)2)23-13-14-26(19(3)15-23)25-12-11-21-7-5-6-8-22(21)17-25/h4-17H,1H2,2-3H3. The van der Waals surface area contributed by atoms with Crippen LogP contribution in [-0.2, 0) is 0 Å². The predicted molar refractivity (Wildman–Crippen MR) is 114 cm³/mol. The highest BCUT2D eigenvalue weighted by molar-refractivity contribution is 5.88. The van der Waals surface area contributed by atoms with Gasteiger partial charge in [-0.15, -0.1) is 0 Å². The lowest BCUT2D eigenvalue weighted by atomic mass is 9.93. The van der Waals surface area contributed by atoms with E-state index >= 15 is 0 Å².